The maximum Gasteiger partial charge on any atom is 0.214 e. The standard InChI is InChI=1S/2C22H26F3NO3S/c2*1-15(2)30(27,28)26-21-5-3-4-10-22(21,25)17-6-8-20(9-7-17)29-14-16-11-18(23)13-19(24)12-16/h2*6-9,11-13,15,21,26H,3-5,10,14H2,1-2H3/t21-,22+;21-,22-/m00/s1. The topological polar surface area (TPSA) is 111 Å². The molecule has 16 heteroatoms. The van der Waals surface area contributed by atoms with Crippen molar-refractivity contribution in [3.05, 3.63) is 130 Å². The summed E-state index contributed by atoms with van der Waals surface area (Å²) in [6.45, 7) is 6.16. The molecule has 0 saturated heterocycles. The van der Waals surface area contributed by atoms with Crippen molar-refractivity contribution >= 4 is 20.0 Å². The number of alkyl halides is 2. The molecule has 328 valence electrons. The first-order chi connectivity index (χ1) is 28.2. The monoisotopic (exact) mass is 882 g/mol. The highest BCUT2D eigenvalue weighted by atomic mass is 32.2. The third-order valence-corrected chi connectivity index (χ3v) is 14.6. The second-order valence-electron chi connectivity index (χ2n) is 15.9. The lowest BCUT2D eigenvalue weighted by Crippen LogP contribution is -2.51. The van der Waals surface area contributed by atoms with Gasteiger partial charge in [0.25, 0.3) is 0 Å². The van der Waals surface area contributed by atoms with Crippen LogP contribution in [0.5, 0.6) is 11.5 Å². The van der Waals surface area contributed by atoms with Crippen LogP contribution in [-0.2, 0) is 44.6 Å². The van der Waals surface area contributed by atoms with E-state index in [1.807, 2.05) is 0 Å². The van der Waals surface area contributed by atoms with Gasteiger partial charge in [0.1, 0.15) is 48.0 Å². The van der Waals surface area contributed by atoms with Crippen LogP contribution in [0.4, 0.5) is 26.3 Å². The lowest BCUT2D eigenvalue weighted by atomic mass is 9.77. The quantitative estimate of drug-likeness (QED) is 0.122. The molecule has 0 spiro atoms. The number of benzene rings is 4. The molecule has 0 aromatic heterocycles. The van der Waals surface area contributed by atoms with Crippen molar-refractivity contribution in [2.75, 3.05) is 0 Å². The third-order valence-electron chi connectivity index (χ3n) is 10.8. The molecule has 60 heavy (non-hydrogen) atoms. The van der Waals surface area contributed by atoms with Crippen molar-refractivity contribution < 1.29 is 52.7 Å². The Labute approximate surface area is 349 Å². The average Bonchev–Trinajstić information content (AvgIpc) is 3.18. The van der Waals surface area contributed by atoms with Crippen molar-refractivity contribution in [1.29, 1.82) is 0 Å². The number of halogens is 6. The molecular formula is C44H52F6N2O6S2. The fraction of sp³-hybridized carbons (Fsp3) is 0.455. The molecular weight excluding hydrogens is 831 g/mol. The van der Waals surface area contributed by atoms with E-state index in [9.17, 15) is 34.4 Å². The van der Waals surface area contributed by atoms with Crippen LogP contribution in [0.3, 0.4) is 0 Å². The van der Waals surface area contributed by atoms with Crippen molar-refractivity contribution in [3.8, 4) is 11.5 Å². The van der Waals surface area contributed by atoms with Gasteiger partial charge in [0.15, 0.2) is 11.3 Å². The van der Waals surface area contributed by atoms with Crippen LogP contribution in [-0.4, -0.2) is 39.4 Å². The molecule has 4 aromatic rings. The summed E-state index contributed by atoms with van der Waals surface area (Å²) >= 11 is 0. The molecule has 2 N–H and O–H groups in total. The predicted molar refractivity (Wildman–Crippen MR) is 219 cm³/mol. The Balaban J connectivity index is 0.000000228. The highest BCUT2D eigenvalue weighted by molar-refractivity contribution is 7.90. The first-order valence-electron chi connectivity index (χ1n) is 20.0. The molecule has 2 fully saturated rings. The maximum absolute atomic E-state index is 16.0. The van der Waals surface area contributed by atoms with Crippen molar-refractivity contribution in [3.63, 3.8) is 0 Å². The summed E-state index contributed by atoms with van der Waals surface area (Å²) in [7, 11) is -7.21. The van der Waals surface area contributed by atoms with Gasteiger partial charge >= 0.3 is 0 Å². The molecule has 6 rings (SSSR count). The SMILES string of the molecule is CC(C)S(=O)(=O)N[C@H]1CCCC[C@@]1(F)c1ccc(OCc2cc(F)cc(F)c2)cc1.CC(C)S(=O)(=O)N[C@H]1CCCC[C@]1(F)c1ccc(OCc2cc(F)cc(F)c2)cc1. The highest BCUT2D eigenvalue weighted by Gasteiger charge is 2.46. The van der Waals surface area contributed by atoms with Gasteiger partial charge in [-0.05, 0) is 137 Å². The molecule has 0 radical (unpaired) electrons. The Bertz CT molecular complexity index is 2080. The summed E-state index contributed by atoms with van der Waals surface area (Å²) < 4.78 is 150. The summed E-state index contributed by atoms with van der Waals surface area (Å²) in [5, 5.41) is -1.29. The largest absolute Gasteiger partial charge is 0.489 e. The number of sulfonamides is 2. The van der Waals surface area contributed by atoms with Gasteiger partial charge in [-0.25, -0.2) is 52.6 Å². The maximum atomic E-state index is 16.0. The van der Waals surface area contributed by atoms with E-state index in [1.165, 1.54) is 24.3 Å². The van der Waals surface area contributed by atoms with E-state index in [2.05, 4.69) is 9.44 Å². The van der Waals surface area contributed by atoms with Gasteiger partial charge in [0, 0.05) is 12.1 Å². The van der Waals surface area contributed by atoms with Gasteiger partial charge in [0.05, 0.1) is 22.6 Å². The van der Waals surface area contributed by atoms with Gasteiger partial charge < -0.3 is 9.47 Å². The van der Waals surface area contributed by atoms with Crippen molar-refractivity contribution in [1.82, 2.24) is 9.44 Å². The molecule has 2 saturated carbocycles. The first kappa shape index (κ1) is 46.9. The molecule has 0 aliphatic heterocycles. The van der Waals surface area contributed by atoms with E-state index in [4.69, 9.17) is 9.47 Å². The van der Waals surface area contributed by atoms with E-state index in [0.717, 1.165) is 25.0 Å². The lowest BCUT2D eigenvalue weighted by molar-refractivity contribution is 0.0711. The Morgan fingerprint density at radius 3 is 1.17 bits per heavy atom. The molecule has 8 nitrogen and oxygen atoms in total. The van der Waals surface area contributed by atoms with Gasteiger partial charge in [-0.3, -0.25) is 0 Å². The van der Waals surface area contributed by atoms with Crippen LogP contribution in [0.15, 0.2) is 84.9 Å². The highest BCUT2D eigenvalue weighted by Crippen LogP contribution is 2.43. The summed E-state index contributed by atoms with van der Waals surface area (Å²) in [6, 6.07) is 17.2. The zero-order chi connectivity index (χ0) is 43.9. The van der Waals surface area contributed by atoms with Gasteiger partial charge in [-0.15, -0.1) is 0 Å². The second-order valence-corrected chi connectivity index (χ2v) is 20.5. The molecule has 4 atom stereocenters. The van der Waals surface area contributed by atoms with Crippen LogP contribution in [0, 0.1) is 23.3 Å². The number of hydrogen-bond acceptors (Lipinski definition) is 6. The zero-order valence-electron chi connectivity index (χ0n) is 34.0. The normalized spacial score (nSPS) is 22.3. The predicted octanol–water partition coefficient (Wildman–Crippen LogP) is 9.96. The van der Waals surface area contributed by atoms with Crippen LogP contribution >= 0.6 is 0 Å². The minimum absolute atomic E-state index is 0.0361. The molecule has 0 amide bonds. The van der Waals surface area contributed by atoms with Crippen LogP contribution in [0.2, 0.25) is 0 Å². The summed E-state index contributed by atoms with van der Waals surface area (Å²) in [5.41, 5.74) is -2.19. The van der Waals surface area contributed by atoms with E-state index < -0.39 is 77.2 Å². The fourth-order valence-electron chi connectivity index (χ4n) is 7.31. The van der Waals surface area contributed by atoms with Crippen LogP contribution in [0.1, 0.15) is 101 Å². The van der Waals surface area contributed by atoms with E-state index >= 15 is 8.78 Å². The second kappa shape index (κ2) is 19.7. The average molecular weight is 883 g/mol. The van der Waals surface area contributed by atoms with E-state index in [0.29, 0.717) is 59.4 Å². The Kier molecular flexibility index (Phi) is 15.4. The minimum Gasteiger partial charge on any atom is -0.489 e. The van der Waals surface area contributed by atoms with E-state index in [1.54, 1.807) is 76.2 Å². The summed E-state index contributed by atoms with van der Waals surface area (Å²) in [4.78, 5) is 0. The van der Waals surface area contributed by atoms with Crippen molar-refractivity contribution in [2.45, 2.75) is 126 Å². The van der Waals surface area contributed by atoms with Crippen LogP contribution in [0.25, 0.3) is 0 Å². The van der Waals surface area contributed by atoms with Gasteiger partial charge in [-0.1, -0.05) is 37.1 Å². The zero-order valence-corrected chi connectivity index (χ0v) is 35.6. The van der Waals surface area contributed by atoms with Crippen molar-refractivity contribution in [2.24, 2.45) is 0 Å². The third kappa shape index (κ3) is 12.0. The van der Waals surface area contributed by atoms with Crippen LogP contribution < -0.4 is 18.9 Å². The number of nitrogens with one attached hydrogen (secondary N) is 2. The molecule has 0 unspecified atom stereocenters. The Morgan fingerprint density at radius 1 is 0.550 bits per heavy atom. The number of ether oxygens (including phenoxy) is 2. The molecule has 0 heterocycles. The fourth-order valence-corrected chi connectivity index (χ4v) is 9.26. The molecule has 0 bridgehead atoms. The molecule has 2 aliphatic rings. The van der Waals surface area contributed by atoms with Gasteiger partial charge in [0.2, 0.25) is 20.0 Å². The minimum atomic E-state index is -3.61. The summed E-state index contributed by atoms with van der Waals surface area (Å²) in [5.74, 6) is -1.90. The molecule has 4 aromatic carbocycles. The number of rotatable bonds is 14. The van der Waals surface area contributed by atoms with Gasteiger partial charge in [-0.2, -0.15) is 0 Å². The Morgan fingerprint density at radius 2 is 0.867 bits per heavy atom. The molecule has 2 aliphatic carbocycles. The smallest absolute Gasteiger partial charge is 0.214 e. The first-order valence-corrected chi connectivity index (χ1v) is 23.1. The number of hydrogen-bond donors (Lipinski definition) is 2. The lowest BCUT2D eigenvalue weighted by Gasteiger charge is -2.38. The van der Waals surface area contributed by atoms with E-state index in [-0.39, 0.29) is 26.1 Å². The summed E-state index contributed by atoms with van der Waals surface area (Å²) in [6.07, 6.45) is 4.13. The Hall–Kier alpha value is -4.12.